The van der Waals surface area contributed by atoms with Gasteiger partial charge in [-0.3, -0.25) is 14.4 Å². The number of para-hydroxylation sites is 2. The van der Waals surface area contributed by atoms with Crippen LogP contribution in [0.5, 0.6) is 0 Å². The Morgan fingerprint density at radius 3 is 2.55 bits per heavy atom. The van der Waals surface area contributed by atoms with Crippen molar-refractivity contribution in [2.75, 3.05) is 13.1 Å². The van der Waals surface area contributed by atoms with E-state index >= 15 is 0 Å². The van der Waals surface area contributed by atoms with Crippen molar-refractivity contribution in [3.8, 4) is 0 Å². The van der Waals surface area contributed by atoms with Gasteiger partial charge in [-0.25, -0.2) is 4.98 Å². The molecule has 1 aliphatic rings. The molecule has 1 atom stereocenters. The van der Waals surface area contributed by atoms with Gasteiger partial charge in [0.15, 0.2) is 6.10 Å². The number of rotatable bonds is 8. The first-order valence-corrected chi connectivity index (χ1v) is 11.5. The molecule has 7 nitrogen and oxygen atoms in total. The first-order chi connectivity index (χ1) is 15.0. The lowest BCUT2D eigenvalue weighted by molar-refractivity contribution is -0.159. The largest absolute Gasteiger partial charge is 0.453 e. The van der Waals surface area contributed by atoms with E-state index in [1.54, 1.807) is 16.4 Å². The summed E-state index contributed by atoms with van der Waals surface area (Å²) in [5.41, 5.74) is 1.75. The van der Waals surface area contributed by atoms with Crippen molar-refractivity contribution in [3.63, 3.8) is 0 Å². The SMILES string of the molecule is CCCCn1c(=O)c(CCC(=O)OC(C)C(=O)N2CCCCCC2)nc2ccccc21. The van der Waals surface area contributed by atoms with E-state index in [-0.39, 0.29) is 24.3 Å². The number of carbonyl (C=O) groups is 2. The average molecular weight is 428 g/mol. The number of amides is 1. The highest BCUT2D eigenvalue weighted by Gasteiger charge is 2.24. The zero-order valence-electron chi connectivity index (χ0n) is 18.6. The average Bonchev–Trinajstić information content (AvgIpc) is 3.06. The number of aromatic nitrogens is 2. The predicted octanol–water partition coefficient (Wildman–Crippen LogP) is 3.46. The number of esters is 1. The first kappa shape index (κ1) is 23.0. The molecular formula is C24H33N3O4. The van der Waals surface area contributed by atoms with E-state index in [2.05, 4.69) is 11.9 Å². The van der Waals surface area contributed by atoms with Crippen LogP contribution in [-0.2, 0) is 27.3 Å². The minimum atomic E-state index is -0.809. The van der Waals surface area contributed by atoms with Crippen molar-refractivity contribution in [3.05, 3.63) is 40.3 Å². The Balaban J connectivity index is 1.64. The van der Waals surface area contributed by atoms with Gasteiger partial charge in [0.2, 0.25) is 0 Å². The van der Waals surface area contributed by atoms with Gasteiger partial charge in [0.05, 0.1) is 17.5 Å². The smallest absolute Gasteiger partial charge is 0.306 e. The van der Waals surface area contributed by atoms with Crippen LogP contribution in [0.3, 0.4) is 0 Å². The summed E-state index contributed by atoms with van der Waals surface area (Å²) >= 11 is 0. The molecule has 0 radical (unpaired) electrons. The molecule has 168 valence electrons. The Labute approximate surface area is 183 Å². The molecule has 0 aliphatic carbocycles. The minimum absolute atomic E-state index is 0.0198. The normalized spacial score (nSPS) is 15.5. The maximum absolute atomic E-state index is 13.0. The number of nitrogens with zero attached hydrogens (tertiary/aromatic N) is 3. The highest BCUT2D eigenvalue weighted by Crippen LogP contribution is 2.14. The van der Waals surface area contributed by atoms with E-state index in [0.29, 0.717) is 12.2 Å². The molecule has 1 fully saturated rings. The van der Waals surface area contributed by atoms with Gasteiger partial charge in [0, 0.05) is 26.1 Å². The second kappa shape index (κ2) is 11.1. The Bertz CT molecular complexity index is 961. The van der Waals surface area contributed by atoms with Crippen molar-refractivity contribution >= 4 is 22.9 Å². The summed E-state index contributed by atoms with van der Waals surface area (Å²) in [7, 11) is 0. The van der Waals surface area contributed by atoms with E-state index < -0.39 is 12.1 Å². The van der Waals surface area contributed by atoms with Crippen LogP contribution >= 0.6 is 0 Å². The van der Waals surface area contributed by atoms with Gasteiger partial charge >= 0.3 is 5.97 Å². The topological polar surface area (TPSA) is 81.5 Å². The van der Waals surface area contributed by atoms with E-state index in [0.717, 1.165) is 62.6 Å². The van der Waals surface area contributed by atoms with Gasteiger partial charge in [-0.15, -0.1) is 0 Å². The summed E-state index contributed by atoms with van der Waals surface area (Å²) in [4.78, 5) is 44.2. The molecule has 1 amide bonds. The lowest BCUT2D eigenvalue weighted by Gasteiger charge is -2.24. The van der Waals surface area contributed by atoms with Crippen molar-refractivity contribution in [2.24, 2.45) is 0 Å². The summed E-state index contributed by atoms with van der Waals surface area (Å²) in [6.07, 6.45) is 5.52. The Morgan fingerprint density at radius 2 is 1.84 bits per heavy atom. The molecule has 0 spiro atoms. The van der Waals surface area contributed by atoms with Gasteiger partial charge in [0.25, 0.3) is 11.5 Å². The number of hydrogen-bond donors (Lipinski definition) is 0. The maximum Gasteiger partial charge on any atom is 0.306 e. The number of unbranched alkanes of at least 4 members (excludes halogenated alkanes) is 1. The third kappa shape index (κ3) is 5.93. The van der Waals surface area contributed by atoms with Crippen molar-refractivity contribution < 1.29 is 14.3 Å². The molecule has 3 rings (SSSR count). The fourth-order valence-electron chi connectivity index (χ4n) is 4.02. The number of aryl methyl sites for hydroxylation is 2. The molecule has 7 heteroatoms. The lowest BCUT2D eigenvalue weighted by Crippen LogP contribution is -2.40. The number of fused-ring (bicyclic) bond motifs is 1. The fraction of sp³-hybridized carbons (Fsp3) is 0.583. The molecule has 1 aliphatic heterocycles. The highest BCUT2D eigenvalue weighted by atomic mass is 16.5. The van der Waals surface area contributed by atoms with Crippen LogP contribution in [0.4, 0.5) is 0 Å². The van der Waals surface area contributed by atoms with Crippen molar-refractivity contribution in [1.82, 2.24) is 14.5 Å². The van der Waals surface area contributed by atoms with Crippen molar-refractivity contribution in [1.29, 1.82) is 0 Å². The summed E-state index contributed by atoms with van der Waals surface area (Å²) < 4.78 is 7.13. The standard InChI is InChI=1S/C24H33N3O4/c1-3-4-17-27-21-12-8-7-11-19(21)25-20(24(27)30)13-14-22(28)31-18(2)23(29)26-15-9-5-6-10-16-26/h7-8,11-12,18H,3-6,9-10,13-17H2,1-2H3. The molecule has 0 bridgehead atoms. The third-order valence-electron chi connectivity index (χ3n) is 5.79. The Kier molecular flexibility index (Phi) is 8.20. The summed E-state index contributed by atoms with van der Waals surface area (Å²) in [6, 6.07) is 7.55. The number of carbonyl (C=O) groups excluding carboxylic acids is 2. The van der Waals surface area contributed by atoms with Crippen LogP contribution < -0.4 is 5.56 Å². The molecule has 1 unspecified atom stereocenters. The quantitative estimate of drug-likeness (QED) is 0.603. The summed E-state index contributed by atoms with van der Waals surface area (Å²) in [5, 5.41) is 0. The number of benzene rings is 1. The van der Waals surface area contributed by atoms with Crippen LogP contribution in [0.1, 0.15) is 64.5 Å². The predicted molar refractivity (Wildman–Crippen MR) is 120 cm³/mol. The Hall–Kier alpha value is -2.70. The molecule has 0 N–H and O–H groups in total. The van der Waals surface area contributed by atoms with Crippen LogP contribution in [-0.4, -0.2) is 45.5 Å². The molecule has 1 aromatic heterocycles. The van der Waals surface area contributed by atoms with Crippen molar-refractivity contribution in [2.45, 2.75) is 77.9 Å². The van der Waals surface area contributed by atoms with Gasteiger partial charge in [-0.05, 0) is 38.3 Å². The number of hydrogen-bond acceptors (Lipinski definition) is 5. The van der Waals surface area contributed by atoms with E-state index in [1.807, 2.05) is 24.3 Å². The summed E-state index contributed by atoms with van der Waals surface area (Å²) in [5.74, 6) is -0.619. The second-order valence-corrected chi connectivity index (χ2v) is 8.23. The number of likely N-dealkylation sites (tertiary alicyclic amines) is 1. The molecule has 2 aromatic rings. The molecule has 1 saturated heterocycles. The first-order valence-electron chi connectivity index (χ1n) is 11.5. The van der Waals surface area contributed by atoms with E-state index in [4.69, 9.17) is 4.74 Å². The second-order valence-electron chi connectivity index (χ2n) is 8.23. The monoisotopic (exact) mass is 427 g/mol. The zero-order valence-corrected chi connectivity index (χ0v) is 18.6. The van der Waals surface area contributed by atoms with Gasteiger partial charge in [0.1, 0.15) is 5.69 Å². The van der Waals surface area contributed by atoms with Gasteiger partial charge in [-0.1, -0.05) is 38.3 Å². The van der Waals surface area contributed by atoms with E-state index in [1.165, 1.54) is 0 Å². The number of ether oxygens (including phenoxy) is 1. The van der Waals surface area contributed by atoms with Crippen LogP contribution in [0.2, 0.25) is 0 Å². The third-order valence-corrected chi connectivity index (χ3v) is 5.79. The van der Waals surface area contributed by atoms with E-state index in [9.17, 15) is 14.4 Å². The molecule has 1 aromatic carbocycles. The van der Waals surface area contributed by atoms with Gasteiger partial charge in [-0.2, -0.15) is 0 Å². The van der Waals surface area contributed by atoms with Crippen LogP contribution in [0.15, 0.2) is 29.1 Å². The maximum atomic E-state index is 13.0. The molecular weight excluding hydrogens is 394 g/mol. The highest BCUT2D eigenvalue weighted by molar-refractivity contribution is 5.83. The molecule has 2 heterocycles. The summed E-state index contributed by atoms with van der Waals surface area (Å²) in [6.45, 7) is 5.77. The van der Waals surface area contributed by atoms with Crippen LogP contribution in [0, 0.1) is 0 Å². The molecule has 31 heavy (non-hydrogen) atoms. The van der Waals surface area contributed by atoms with Gasteiger partial charge < -0.3 is 14.2 Å². The minimum Gasteiger partial charge on any atom is -0.453 e. The van der Waals surface area contributed by atoms with Crippen LogP contribution in [0.25, 0.3) is 11.0 Å². The Morgan fingerprint density at radius 1 is 1.13 bits per heavy atom. The zero-order chi connectivity index (χ0) is 22.2. The molecule has 0 saturated carbocycles. The lowest BCUT2D eigenvalue weighted by atomic mass is 10.2. The fourth-order valence-corrected chi connectivity index (χ4v) is 4.02.